The number of alkyl carbamates (subject to hydrolysis) is 1. The van der Waals surface area contributed by atoms with E-state index < -0.39 is 56.6 Å². The molecule has 13 heteroatoms. The molecule has 5 atom stereocenters. The van der Waals surface area contributed by atoms with Gasteiger partial charge in [-0.3, -0.25) is 9.59 Å². The van der Waals surface area contributed by atoms with E-state index >= 15 is 0 Å². The first-order valence-corrected chi connectivity index (χ1v) is 18.2. The van der Waals surface area contributed by atoms with Gasteiger partial charge in [-0.15, -0.1) is 13.2 Å². The molecule has 3 aliphatic rings. The Hall–Kier alpha value is -3.19. The summed E-state index contributed by atoms with van der Waals surface area (Å²) in [6.07, 6.45) is 9.28. The third kappa shape index (κ3) is 8.20. The summed E-state index contributed by atoms with van der Waals surface area (Å²) in [6.45, 7) is 7.21. The molecule has 2 N–H and O–H groups in total. The van der Waals surface area contributed by atoms with Crippen molar-refractivity contribution in [3.8, 4) is 0 Å². The number of rotatable bonds is 15. The largest absolute Gasteiger partial charge is 0.467 e. The summed E-state index contributed by atoms with van der Waals surface area (Å²) >= 11 is 3.32. The molecule has 3 amide bonds. The highest BCUT2D eigenvalue weighted by Gasteiger charge is 2.62. The van der Waals surface area contributed by atoms with Crippen LogP contribution in [0.4, 0.5) is 4.79 Å². The lowest BCUT2D eigenvalue weighted by atomic mass is 10.0. The number of hydrogen-bond donors (Lipinski definition) is 2. The molecular weight excluding hydrogens is 678 g/mol. The van der Waals surface area contributed by atoms with Crippen LogP contribution in [0.2, 0.25) is 0 Å². The second-order valence-corrected chi connectivity index (χ2v) is 15.4. The van der Waals surface area contributed by atoms with Gasteiger partial charge in [0.05, 0.1) is 17.3 Å². The molecule has 0 bridgehead atoms. The van der Waals surface area contributed by atoms with Crippen molar-refractivity contribution in [2.24, 2.45) is 5.92 Å². The Morgan fingerprint density at radius 1 is 1.11 bits per heavy atom. The topological polar surface area (TPSA) is 148 Å². The highest BCUT2D eigenvalue weighted by molar-refractivity contribution is 9.10. The minimum atomic E-state index is -3.97. The van der Waals surface area contributed by atoms with Crippen LogP contribution in [0.1, 0.15) is 70.6 Å². The van der Waals surface area contributed by atoms with Crippen molar-refractivity contribution in [2.75, 3.05) is 13.7 Å². The number of sulfone groups is 1. The van der Waals surface area contributed by atoms with E-state index in [2.05, 4.69) is 39.7 Å². The summed E-state index contributed by atoms with van der Waals surface area (Å²) < 4.78 is 38.8. The maximum Gasteiger partial charge on any atom is 0.408 e. The molecule has 11 nitrogen and oxygen atoms in total. The van der Waals surface area contributed by atoms with Crippen LogP contribution in [0.5, 0.6) is 0 Å². The van der Waals surface area contributed by atoms with E-state index in [-0.39, 0.29) is 42.7 Å². The summed E-state index contributed by atoms with van der Waals surface area (Å²) in [5, 5.41) is 4.38. The number of carbonyl (C=O) groups is 4. The molecule has 1 aliphatic heterocycles. The molecule has 1 aromatic carbocycles. The van der Waals surface area contributed by atoms with Gasteiger partial charge in [0.2, 0.25) is 11.8 Å². The van der Waals surface area contributed by atoms with Gasteiger partial charge in [0, 0.05) is 16.9 Å². The Kier molecular flexibility index (Phi) is 12.1. The summed E-state index contributed by atoms with van der Waals surface area (Å²) in [6, 6.07) is 3.90. The molecule has 46 heavy (non-hydrogen) atoms. The zero-order valence-corrected chi connectivity index (χ0v) is 28.7. The van der Waals surface area contributed by atoms with Crippen LogP contribution in [0.25, 0.3) is 0 Å². The van der Waals surface area contributed by atoms with E-state index in [9.17, 15) is 27.6 Å². The van der Waals surface area contributed by atoms with Crippen molar-refractivity contribution in [3.63, 3.8) is 0 Å². The fourth-order valence-corrected chi connectivity index (χ4v) is 8.38. The quantitative estimate of drug-likeness (QED) is 0.152. The van der Waals surface area contributed by atoms with Crippen molar-refractivity contribution >= 4 is 49.6 Å². The number of amides is 3. The van der Waals surface area contributed by atoms with E-state index in [1.54, 1.807) is 18.2 Å². The van der Waals surface area contributed by atoms with Crippen LogP contribution in [0.3, 0.4) is 0 Å². The molecule has 3 fully saturated rings. The number of halogens is 1. The number of benzene rings is 1. The molecule has 2 saturated carbocycles. The molecule has 1 aromatic rings. The second-order valence-electron chi connectivity index (χ2n) is 12.3. The number of unbranched alkanes of at least 4 members (excludes halogenated alkanes) is 3. The second kappa shape index (κ2) is 15.6. The third-order valence-electron chi connectivity index (χ3n) is 9.19. The average Bonchev–Trinajstić information content (AvgIpc) is 3.34. The lowest BCUT2D eigenvalue weighted by Crippen LogP contribution is -2.56. The Bertz CT molecular complexity index is 1410. The maximum absolute atomic E-state index is 14.2. The number of nitrogens with zero attached hydrogens (tertiary/aromatic N) is 1. The number of nitrogens with one attached hydrogen (secondary N) is 2. The molecule has 0 aromatic heterocycles. The fraction of sp³-hybridized carbons (Fsp3) is 0.576. The molecule has 2 aliphatic carbocycles. The standard InChI is InChI=1S/C33H44BrN3O8S/c1-4-6-7-8-9-14-27(35-32(41)45-24-12-10-11-13-24)30(39)37-21-26(46(42,43)25-17-15-23(34)16-18-25)19-28(37)29(38)36-33(31(40)44-3)20-22(33)5-2/h4-5,15-18,22,24,26-28H,1-2,6-14,19-21H2,3H3,(H,35,41)(H,36,38)/t22-,26+,27+,28+,33-/m1/s1. The molecule has 0 unspecified atom stereocenters. The first-order valence-electron chi connectivity index (χ1n) is 15.9. The van der Waals surface area contributed by atoms with Crippen molar-refractivity contribution in [2.45, 2.75) is 105 Å². The molecule has 1 saturated heterocycles. The number of likely N-dealkylation sites (tertiary alicyclic amines) is 1. The zero-order valence-electron chi connectivity index (χ0n) is 26.2. The first kappa shape index (κ1) is 35.7. The smallest absolute Gasteiger partial charge is 0.408 e. The van der Waals surface area contributed by atoms with Gasteiger partial charge in [-0.2, -0.15) is 0 Å². The van der Waals surface area contributed by atoms with Crippen molar-refractivity contribution in [1.29, 1.82) is 0 Å². The fourth-order valence-electron chi connectivity index (χ4n) is 6.42. The Morgan fingerprint density at radius 3 is 2.41 bits per heavy atom. The molecule has 252 valence electrons. The van der Waals surface area contributed by atoms with E-state index in [1.165, 1.54) is 24.1 Å². The number of esters is 1. The molecule has 4 rings (SSSR count). The number of carbonyl (C=O) groups excluding carboxylic acids is 4. The molecule has 0 radical (unpaired) electrons. The van der Waals surface area contributed by atoms with Crippen LogP contribution in [-0.2, 0) is 33.7 Å². The zero-order chi connectivity index (χ0) is 33.5. The Morgan fingerprint density at radius 2 is 1.80 bits per heavy atom. The number of hydrogen-bond acceptors (Lipinski definition) is 8. The van der Waals surface area contributed by atoms with Gasteiger partial charge in [0.25, 0.3) is 0 Å². The van der Waals surface area contributed by atoms with Gasteiger partial charge in [-0.25, -0.2) is 18.0 Å². The monoisotopic (exact) mass is 721 g/mol. The predicted molar refractivity (Wildman–Crippen MR) is 175 cm³/mol. The van der Waals surface area contributed by atoms with Crippen molar-refractivity contribution in [1.82, 2.24) is 15.5 Å². The van der Waals surface area contributed by atoms with Gasteiger partial charge in [0.15, 0.2) is 9.84 Å². The highest BCUT2D eigenvalue weighted by atomic mass is 79.9. The van der Waals surface area contributed by atoms with Gasteiger partial charge in [-0.1, -0.05) is 40.9 Å². The predicted octanol–water partition coefficient (Wildman–Crippen LogP) is 4.60. The number of methoxy groups -OCH3 is 1. The summed E-state index contributed by atoms with van der Waals surface area (Å²) in [5.74, 6) is -2.26. The van der Waals surface area contributed by atoms with E-state index in [1.807, 2.05) is 6.08 Å². The Balaban J connectivity index is 1.61. The van der Waals surface area contributed by atoms with E-state index in [4.69, 9.17) is 9.47 Å². The normalized spacial score (nSPS) is 24.9. The summed E-state index contributed by atoms with van der Waals surface area (Å²) in [5.41, 5.74) is -1.33. The van der Waals surface area contributed by atoms with Crippen LogP contribution < -0.4 is 10.6 Å². The van der Waals surface area contributed by atoms with E-state index in [0.717, 1.165) is 44.9 Å². The van der Waals surface area contributed by atoms with E-state index in [0.29, 0.717) is 10.9 Å². The summed E-state index contributed by atoms with van der Waals surface area (Å²) in [7, 11) is -2.75. The molecular formula is C33H44BrN3O8S. The van der Waals surface area contributed by atoms with Crippen LogP contribution >= 0.6 is 15.9 Å². The van der Waals surface area contributed by atoms with Gasteiger partial charge in [-0.05, 0) is 82.1 Å². The highest BCUT2D eigenvalue weighted by Crippen LogP contribution is 2.45. The van der Waals surface area contributed by atoms with Crippen molar-refractivity contribution in [3.05, 3.63) is 54.0 Å². The molecule has 1 heterocycles. The minimum absolute atomic E-state index is 0.0612. The number of ether oxygens (including phenoxy) is 2. The van der Waals surface area contributed by atoms with Crippen LogP contribution in [0.15, 0.2) is 58.9 Å². The van der Waals surface area contributed by atoms with Gasteiger partial charge >= 0.3 is 12.1 Å². The SMILES string of the molecule is C=CCCCCC[C@H](NC(=O)OC1CCCC1)C(=O)N1C[C@@H](S(=O)(=O)c2ccc(Br)cc2)C[C@H]1C(=O)N[C@]1(C(=O)OC)C[C@H]1C=C. The first-order chi connectivity index (χ1) is 22.0. The average molecular weight is 723 g/mol. The van der Waals surface area contributed by atoms with Gasteiger partial charge in [0.1, 0.15) is 23.7 Å². The lowest BCUT2D eigenvalue weighted by molar-refractivity contribution is -0.148. The Labute approximate surface area is 279 Å². The van der Waals surface area contributed by atoms with Crippen LogP contribution in [0, 0.1) is 5.92 Å². The summed E-state index contributed by atoms with van der Waals surface area (Å²) in [4.78, 5) is 55.1. The minimum Gasteiger partial charge on any atom is -0.467 e. The van der Waals surface area contributed by atoms with Gasteiger partial charge < -0.3 is 25.0 Å². The van der Waals surface area contributed by atoms with Crippen molar-refractivity contribution < 1.29 is 37.1 Å². The number of allylic oxidation sites excluding steroid dienone is 1. The molecule has 0 spiro atoms. The third-order valence-corrected chi connectivity index (χ3v) is 11.9. The lowest BCUT2D eigenvalue weighted by Gasteiger charge is -2.30. The van der Waals surface area contributed by atoms with Crippen LogP contribution in [-0.4, -0.2) is 79.8 Å². The maximum atomic E-state index is 14.2.